The molecular weight excluding hydrogens is 352 g/mol. The fourth-order valence-electron chi connectivity index (χ4n) is 2.60. The number of ether oxygens (including phenoxy) is 1. The van der Waals surface area contributed by atoms with E-state index in [9.17, 15) is 14.9 Å². The molecule has 0 bridgehead atoms. The second-order valence-electron chi connectivity index (χ2n) is 5.67. The Morgan fingerprint density at radius 3 is 2.62 bits per heavy atom. The monoisotopic (exact) mass is 370 g/mol. The van der Waals surface area contributed by atoms with Crippen molar-refractivity contribution in [2.45, 2.75) is 17.7 Å². The van der Waals surface area contributed by atoms with Crippen molar-refractivity contribution in [2.24, 2.45) is 0 Å². The number of hydrogen-bond donors (Lipinski definition) is 1. The number of unbranched alkanes of at least 4 members (excludes halogenated alkanes) is 1. The van der Waals surface area contributed by atoms with E-state index in [0.29, 0.717) is 17.5 Å². The van der Waals surface area contributed by atoms with Gasteiger partial charge < -0.3 is 9.72 Å². The van der Waals surface area contributed by atoms with Crippen molar-refractivity contribution in [1.29, 1.82) is 0 Å². The highest BCUT2D eigenvalue weighted by molar-refractivity contribution is 7.99. The van der Waals surface area contributed by atoms with Crippen LogP contribution >= 0.6 is 11.8 Å². The van der Waals surface area contributed by atoms with Gasteiger partial charge in [0, 0.05) is 11.0 Å². The number of nitrogens with one attached hydrogen (secondary N) is 1. The Bertz CT molecular complexity index is 957. The van der Waals surface area contributed by atoms with Crippen LogP contribution in [0.2, 0.25) is 0 Å². The first-order valence-electron chi connectivity index (χ1n) is 8.26. The second-order valence-corrected chi connectivity index (χ2v) is 6.84. The summed E-state index contributed by atoms with van der Waals surface area (Å²) in [5.41, 5.74) is 0.0182. The van der Waals surface area contributed by atoms with Crippen LogP contribution in [-0.4, -0.2) is 22.3 Å². The van der Waals surface area contributed by atoms with Gasteiger partial charge in [0.05, 0.1) is 22.4 Å². The first-order chi connectivity index (χ1) is 12.6. The molecule has 0 amide bonds. The lowest BCUT2D eigenvalue weighted by Gasteiger charge is -2.08. The maximum absolute atomic E-state index is 11.4. The van der Waals surface area contributed by atoms with Gasteiger partial charge in [-0.1, -0.05) is 18.2 Å². The minimum absolute atomic E-state index is 0.114. The summed E-state index contributed by atoms with van der Waals surface area (Å²) >= 11 is 1.78. The number of pyridine rings is 1. The van der Waals surface area contributed by atoms with E-state index in [-0.39, 0.29) is 17.0 Å². The lowest BCUT2D eigenvalue weighted by Crippen LogP contribution is -2.05. The van der Waals surface area contributed by atoms with Crippen molar-refractivity contribution in [3.05, 3.63) is 75.1 Å². The third-order valence-electron chi connectivity index (χ3n) is 3.83. The Kier molecular flexibility index (Phi) is 5.91. The Balaban J connectivity index is 1.58. The number of fused-ring (bicyclic) bond motifs is 1. The number of rotatable bonds is 8. The quantitative estimate of drug-likeness (QED) is 0.275. The fourth-order valence-corrected chi connectivity index (χ4v) is 3.53. The standard InChI is InChI=1S/C19H18N2O4S/c22-18-11-8-15-16(20-18)9-10-17(19(15)21(23)24)25-12-4-5-13-26-14-6-2-1-3-7-14/h1-3,6-11H,4-5,12-13H2,(H,20,22). The zero-order chi connectivity index (χ0) is 18.4. The summed E-state index contributed by atoms with van der Waals surface area (Å²) in [6, 6.07) is 16.1. The van der Waals surface area contributed by atoms with Crippen LogP contribution in [0.3, 0.4) is 0 Å². The molecule has 7 heteroatoms. The first kappa shape index (κ1) is 18.0. The van der Waals surface area contributed by atoms with Gasteiger partial charge >= 0.3 is 5.69 Å². The van der Waals surface area contributed by atoms with Crippen LogP contribution < -0.4 is 10.3 Å². The topological polar surface area (TPSA) is 85.2 Å². The van der Waals surface area contributed by atoms with Crippen LogP contribution in [0.25, 0.3) is 10.9 Å². The Labute approximate surface area is 154 Å². The Morgan fingerprint density at radius 2 is 1.85 bits per heavy atom. The maximum atomic E-state index is 11.4. The summed E-state index contributed by atoms with van der Waals surface area (Å²) in [6.07, 6.45) is 1.76. The lowest BCUT2D eigenvalue weighted by molar-refractivity contribution is -0.384. The van der Waals surface area contributed by atoms with Crippen molar-refractivity contribution >= 4 is 28.4 Å². The predicted octanol–water partition coefficient (Wildman–Crippen LogP) is 4.39. The van der Waals surface area contributed by atoms with E-state index in [1.165, 1.54) is 23.1 Å². The predicted molar refractivity (Wildman–Crippen MR) is 103 cm³/mol. The highest BCUT2D eigenvalue weighted by Gasteiger charge is 2.20. The molecule has 0 aliphatic rings. The third-order valence-corrected chi connectivity index (χ3v) is 4.93. The van der Waals surface area contributed by atoms with E-state index in [2.05, 4.69) is 17.1 Å². The number of benzene rings is 2. The van der Waals surface area contributed by atoms with Crippen LogP contribution in [-0.2, 0) is 0 Å². The molecule has 2 aromatic carbocycles. The molecule has 134 valence electrons. The molecule has 1 N–H and O–H groups in total. The number of aromatic nitrogens is 1. The maximum Gasteiger partial charge on any atom is 0.320 e. The van der Waals surface area contributed by atoms with E-state index < -0.39 is 4.92 Å². The zero-order valence-corrected chi connectivity index (χ0v) is 14.8. The SMILES string of the molecule is O=c1ccc2c([N+](=O)[O-])c(OCCCCSc3ccccc3)ccc2[nH]1. The van der Waals surface area contributed by atoms with E-state index in [1.807, 2.05) is 18.2 Å². The summed E-state index contributed by atoms with van der Waals surface area (Å²) in [4.78, 5) is 26.2. The van der Waals surface area contributed by atoms with Crippen molar-refractivity contribution in [3.8, 4) is 5.75 Å². The summed E-state index contributed by atoms with van der Waals surface area (Å²) in [7, 11) is 0. The molecule has 0 spiro atoms. The zero-order valence-electron chi connectivity index (χ0n) is 14.0. The number of hydrogen-bond acceptors (Lipinski definition) is 5. The minimum Gasteiger partial charge on any atom is -0.487 e. The molecule has 1 heterocycles. The van der Waals surface area contributed by atoms with Gasteiger partial charge in [-0.15, -0.1) is 11.8 Å². The van der Waals surface area contributed by atoms with Crippen LogP contribution in [0.4, 0.5) is 5.69 Å². The van der Waals surface area contributed by atoms with Gasteiger partial charge in [-0.2, -0.15) is 0 Å². The van der Waals surface area contributed by atoms with Gasteiger partial charge in [0.2, 0.25) is 5.56 Å². The van der Waals surface area contributed by atoms with Crippen LogP contribution in [0.1, 0.15) is 12.8 Å². The first-order valence-corrected chi connectivity index (χ1v) is 9.25. The molecular formula is C19H18N2O4S. The van der Waals surface area contributed by atoms with Crippen molar-refractivity contribution in [2.75, 3.05) is 12.4 Å². The molecule has 0 aliphatic heterocycles. The molecule has 26 heavy (non-hydrogen) atoms. The molecule has 0 saturated carbocycles. The van der Waals surface area contributed by atoms with Crippen molar-refractivity contribution in [1.82, 2.24) is 4.98 Å². The van der Waals surface area contributed by atoms with Gasteiger partial charge in [-0.05, 0) is 48.9 Å². The molecule has 0 fully saturated rings. The Hall–Kier alpha value is -2.80. The third kappa shape index (κ3) is 4.43. The smallest absolute Gasteiger partial charge is 0.320 e. The average Bonchev–Trinajstić information content (AvgIpc) is 2.64. The number of nitrogens with zero attached hydrogens (tertiary/aromatic N) is 1. The number of nitro groups is 1. The molecule has 6 nitrogen and oxygen atoms in total. The van der Waals surface area contributed by atoms with Crippen LogP contribution in [0, 0.1) is 10.1 Å². The van der Waals surface area contributed by atoms with Gasteiger partial charge in [-0.25, -0.2) is 0 Å². The van der Waals surface area contributed by atoms with Crippen molar-refractivity contribution in [3.63, 3.8) is 0 Å². The molecule has 0 unspecified atom stereocenters. The minimum atomic E-state index is -0.471. The lowest BCUT2D eigenvalue weighted by atomic mass is 10.1. The Morgan fingerprint density at radius 1 is 1.04 bits per heavy atom. The van der Waals surface area contributed by atoms with E-state index in [0.717, 1.165) is 18.6 Å². The highest BCUT2D eigenvalue weighted by Crippen LogP contribution is 2.34. The van der Waals surface area contributed by atoms with Crippen LogP contribution in [0.15, 0.2) is 64.3 Å². The van der Waals surface area contributed by atoms with E-state index in [4.69, 9.17) is 4.74 Å². The molecule has 0 radical (unpaired) electrons. The largest absolute Gasteiger partial charge is 0.487 e. The highest BCUT2D eigenvalue weighted by atomic mass is 32.2. The van der Waals surface area contributed by atoms with E-state index in [1.54, 1.807) is 17.8 Å². The van der Waals surface area contributed by atoms with Crippen molar-refractivity contribution < 1.29 is 9.66 Å². The normalized spacial score (nSPS) is 10.8. The molecule has 0 saturated heterocycles. The second kappa shape index (κ2) is 8.53. The fraction of sp³-hybridized carbons (Fsp3) is 0.211. The van der Waals surface area contributed by atoms with E-state index >= 15 is 0 Å². The number of nitro benzene ring substituents is 1. The molecule has 0 aliphatic carbocycles. The van der Waals surface area contributed by atoms with Gasteiger partial charge in [0.1, 0.15) is 0 Å². The molecule has 3 aromatic rings. The van der Waals surface area contributed by atoms with Gasteiger partial charge in [-0.3, -0.25) is 14.9 Å². The molecule has 0 atom stereocenters. The summed E-state index contributed by atoms with van der Waals surface area (Å²) < 4.78 is 5.65. The number of aromatic amines is 1. The summed E-state index contributed by atoms with van der Waals surface area (Å²) in [6.45, 7) is 0.408. The van der Waals surface area contributed by atoms with Gasteiger partial charge in [0.15, 0.2) is 5.75 Å². The summed E-state index contributed by atoms with van der Waals surface area (Å²) in [5.74, 6) is 1.19. The van der Waals surface area contributed by atoms with Gasteiger partial charge in [0.25, 0.3) is 0 Å². The molecule has 1 aromatic heterocycles. The molecule has 3 rings (SSSR count). The summed E-state index contributed by atoms with van der Waals surface area (Å²) in [5, 5.41) is 11.8. The number of H-pyrrole nitrogens is 1. The van der Waals surface area contributed by atoms with Crippen LogP contribution in [0.5, 0.6) is 5.75 Å². The number of thioether (sulfide) groups is 1. The average molecular weight is 370 g/mol.